The molecule has 1 atom stereocenters. The quantitative estimate of drug-likeness (QED) is 0.559. The molecule has 2 aromatic carbocycles. The number of hydrogen-bond donors (Lipinski definition) is 1. The zero-order valence-electron chi connectivity index (χ0n) is 13.8. The van der Waals surface area contributed by atoms with E-state index in [1.165, 1.54) is 5.56 Å². The maximum atomic E-state index is 10.9. The fraction of sp³-hybridized carbons (Fsp3) is 0.350. The first-order valence-electron chi connectivity index (χ1n) is 8.28. The molecule has 4 heteroatoms. The Morgan fingerprint density at radius 1 is 1.00 bits per heavy atom. The summed E-state index contributed by atoms with van der Waals surface area (Å²) < 4.78 is 0. The average Bonchev–Trinajstić information content (AvgIpc) is 2.57. The number of rotatable bonds is 8. The third kappa shape index (κ3) is 5.25. The predicted octanol–water partition coefficient (Wildman–Crippen LogP) is 6.80. The van der Waals surface area contributed by atoms with Gasteiger partial charge in [0.2, 0.25) is 0 Å². The van der Waals surface area contributed by atoms with Gasteiger partial charge in [-0.25, -0.2) is 0 Å². The van der Waals surface area contributed by atoms with Gasteiger partial charge in [-0.15, -0.1) is 0 Å². The van der Waals surface area contributed by atoms with Gasteiger partial charge in [0.25, 0.3) is 0 Å². The summed E-state index contributed by atoms with van der Waals surface area (Å²) in [5, 5.41) is 10.0. The van der Waals surface area contributed by atoms with Crippen LogP contribution < -0.4 is 0 Å². The molecule has 0 heterocycles. The van der Waals surface area contributed by atoms with Crippen LogP contribution in [-0.2, 0) is 4.79 Å². The molecular weight excluding hydrogens is 343 g/mol. The van der Waals surface area contributed by atoms with Gasteiger partial charge in [0.05, 0.1) is 10.0 Å². The Labute approximate surface area is 153 Å². The summed E-state index contributed by atoms with van der Waals surface area (Å²) in [5.74, 6) is -0.437. The van der Waals surface area contributed by atoms with E-state index in [2.05, 4.69) is 31.2 Å². The number of hydrogen-bond acceptors (Lipinski definition) is 1. The van der Waals surface area contributed by atoms with Crippen molar-refractivity contribution < 1.29 is 9.90 Å². The smallest absolute Gasteiger partial charge is 0.303 e. The summed E-state index contributed by atoms with van der Waals surface area (Å²) in [5.41, 5.74) is 3.30. The first-order valence-corrected chi connectivity index (χ1v) is 9.04. The molecule has 24 heavy (non-hydrogen) atoms. The van der Waals surface area contributed by atoms with Crippen LogP contribution in [0.5, 0.6) is 0 Å². The van der Waals surface area contributed by atoms with Crippen molar-refractivity contribution in [3.05, 3.63) is 58.1 Å². The second-order valence-electron chi connectivity index (χ2n) is 6.02. The van der Waals surface area contributed by atoms with E-state index in [1.54, 1.807) is 6.07 Å². The maximum absolute atomic E-state index is 10.9. The minimum absolute atomic E-state index is 0.211. The molecular formula is C20H22Cl2O2. The molecule has 0 aliphatic rings. The Morgan fingerprint density at radius 2 is 1.67 bits per heavy atom. The Morgan fingerprint density at radius 3 is 2.25 bits per heavy atom. The molecule has 0 bridgehead atoms. The van der Waals surface area contributed by atoms with Crippen LogP contribution in [0.15, 0.2) is 42.5 Å². The summed E-state index contributed by atoms with van der Waals surface area (Å²) in [7, 11) is 0. The van der Waals surface area contributed by atoms with Crippen molar-refractivity contribution in [2.45, 2.75) is 44.9 Å². The lowest BCUT2D eigenvalue weighted by atomic mass is 9.88. The Hall–Kier alpha value is -1.51. The molecule has 0 amide bonds. The molecule has 2 aromatic rings. The van der Waals surface area contributed by atoms with E-state index in [-0.39, 0.29) is 6.42 Å². The highest BCUT2D eigenvalue weighted by atomic mass is 35.5. The van der Waals surface area contributed by atoms with E-state index in [4.69, 9.17) is 28.3 Å². The van der Waals surface area contributed by atoms with Gasteiger partial charge in [0, 0.05) is 6.42 Å². The van der Waals surface area contributed by atoms with Crippen molar-refractivity contribution in [3.8, 4) is 11.1 Å². The van der Waals surface area contributed by atoms with E-state index >= 15 is 0 Å². The van der Waals surface area contributed by atoms with Gasteiger partial charge in [-0.3, -0.25) is 4.79 Å². The van der Waals surface area contributed by atoms with Gasteiger partial charge in [-0.1, -0.05) is 73.3 Å². The molecule has 2 nitrogen and oxygen atoms in total. The summed E-state index contributed by atoms with van der Waals surface area (Å²) in [6, 6.07) is 13.9. The van der Waals surface area contributed by atoms with Crippen molar-refractivity contribution in [1.82, 2.24) is 0 Å². The van der Waals surface area contributed by atoms with Crippen LogP contribution in [-0.4, -0.2) is 11.1 Å². The van der Waals surface area contributed by atoms with Gasteiger partial charge in [0.15, 0.2) is 0 Å². The molecule has 0 fully saturated rings. The van der Waals surface area contributed by atoms with Crippen molar-refractivity contribution in [2.24, 2.45) is 0 Å². The van der Waals surface area contributed by atoms with Gasteiger partial charge in [0.1, 0.15) is 0 Å². The van der Waals surface area contributed by atoms with Crippen LogP contribution in [0, 0.1) is 0 Å². The van der Waals surface area contributed by atoms with Crippen LogP contribution in [0.3, 0.4) is 0 Å². The second kappa shape index (κ2) is 9.10. The van der Waals surface area contributed by atoms with Crippen LogP contribution in [0.25, 0.3) is 11.1 Å². The van der Waals surface area contributed by atoms with E-state index < -0.39 is 5.97 Å². The average molecular weight is 365 g/mol. The molecule has 0 spiro atoms. The predicted molar refractivity (Wildman–Crippen MR) is 101 cm³/mol. The van der Waals surface area contributed by atoms with E-state index in [0.29, 0.717) is 22.4 Å². The maximum Gasteiger partial charge on any atom is 0.303 e. The molecule has 128 valence electrons. The van der Waals surface area contributed by atoms with Gasteiger partial charge < -0.3 is 5.11 Å². The molecule has 0 aromatic heterocycles. The number of unbranched alkanes of at least 4 members (excludes halogenated alkanes) is 1. The number of halogens is 2. The first-order chi connectivity index (χ1) is 11.5. The fourth-order valence-electron chi connectivity index (χ4n) is 2.85. The Bertz CT molecular complexity index is 681. The number of benzene rings is 2. The third-order valence-electron chi connectivity index (χ3n) is 4.25. The monoisotopic (exact) mass is 364 g/mol. The highest BCUT2D eigenvalue weighted by molar-refractivity contribution is 6.42. The second-order valence-corrected chi connectivity index (χ2v) is 6.84. The van der Waals surface area contributed by atoms with Crippen molar-refractivity contribution >= 4 is 29.2 Å². The highest BCUT2D eigenvalue weighted by Gasteiger charge is 2.13. The summed E-state index contributed by atoms with van der Waals surface area (Å²) in [4.78, 5) is 10.9. The number of carbonyl (C=O) groups is 1. The van der Waals surface area contributed by atoms with Gasteiger partial charge in [-0.2, -0.15) is 0 Å². The van der Waals surface area contributed by atoms with Crippen LogP contribution >= 0.6 is 23.2 Å². The minimum Gasteiger partial charge on any atom is -0.481 e. The Kier molecular flexibility index (Phi) is 7.14. The molecule has 0 saturated heterocycles. The highest BCUT2D eigenvalue weighted by Crippen LogP contribution is 2.31. The van der Waals surface area contributed by atoms with Crippen molar-refractivity contribution in [2.75, 3.05) is 0 Å². The first kappa shape index (κ1) is 18.8. The normalized spacial score (nSPS) is 12.1. The minimum atomic E-state index is -0.732. The molecule has 1 N–H and O–H groups in total. The summed E-state index contributed by atoms with van der Waals surface area (Å²) in [6.07, 6.45) is 4.14. The molecule has 0 saturated carbocycles. The Balaban J connectivity index is 2.17. The van der Waals surface area contributed by atoms with E-state index in [0.717, 1.165) is 30.4 Å². The summed E-state index contributed by atoms with van der Waals surface area (Å²) >= 11 is 12.0. The summed E-state index contributed by atoms with van der Waals surface area (Å²) in [6.45, 7) is 2.15. The lowest BCUT2D eigenvalue weighted by Gasteiger charge is -2.17. The molecule has 0 aliphatic carbocycles. The van der Waals surface area contributed by atoms with Crippen LogP contribution in [0.4, 0.5) is 0 Å². The van der Waals surface area contributed by atoms with Gasteiger partial charge in [-0.05, 0) is 47.6 Å². The van der Waals surface area contributed by atoms with E-state index in [9.17, 15) is 4.79 Å². The SMILES string of the molecule is CCCC[C@H](CCC(=O)O)c1ccc(-c2ccc(Cl)c(Cl)c2)cc1. The fourth-order valence-corrected chi connectivity index (χ4v) is 3.15. The molecule has 0 aliphatic heterocycles. The van der Waals surface area contributed by atoms with Crippen LogP contribution in [0.1, 0.15) is 50.5 Å². The lowest BCUT2D eigenvalue weighted by molar-refractivity contribution is -0.137. The van der Waals surface area contributed by atoms with Crippen molar-refractivity contribution in [3.63, 3.8) is 0 Å². The standard InChI is InChI=1S/C20H22Cl2O2/c1-2-3-4-14(10-12-20(23)24)15-5-7-16(8-6-15)17-9-11-18(21)19(22)13-17/h5-9,11,13-14H,2-4,10,12H2,1H3,(H,23,24)/t14-/m1/s1. The van der Waals surface area contributed by atoms with E-state index in [1.807, 2.05) is 12.1 Å². The molecule has 2 rings (SSSR count). The number of carboxylic acids is 1. The number of aliphatic carboxylic acids is 1. The largest absolute Gasteiger partial charge is 0.481 e. The lowest BCUT2D eigenvalue weighted by Crippen LogP contribution is -2.03. The number of carboxylic acid groups (broad SMARTS) is 1. The topological polar surface area (TPSA) is 37.3 Å². The third-order valence-corrected chi connectivity index (χ3v) is 4.99. The molecule has 0 radical (unpaired) electrons. The van der Waals surface area contributed by atoms with Crippen LogP contribution in [0.2, 0.25) is 10.0 Å². The molecule has 0 unspecified atom stereocenters. The van der Waals surface area contributed by atoms with Gasteiger partial charge >= 0.3 is 5.97 Å². The zero-order chi connectivity index (χ0) is 17.5. The zero-order valence-corrected chi connectivity index (χ0v) is 15.3. The van der Waals surface area contributed by atoms with Crippen molar-refractivity contribution in [1.29, 1.82) is 0 Å².